The van der Waals surface area contributed by atoms with Crippen LogP contribution in [0, 0.1) is 0 Å². The summed E-state index contributed by atoms with van der Waals surface area (Å²) in [5.74, 6) is 1.44. The third-order valence-corrected chi connectivity index (χ3v) is 3.56. The van der Waals surface area contributed by atoms with E-state index >= 15 is 0 Å². The van der Waals surface area contributed by atoms with Crippen LogP contribution in [-0.4, -0.2) is 42.3 Å². The maximum Gasteiger partial charge on any atom is 0.224 e. The van der Waals surface area contributed by atoms with Gasteiger partial charge in [0.25, 0.3) is 0 Å². The van der Waals surface area contributed by atoms with Crippen LogP contribution >= 0.6 is 11.6 Å². The minimum Gasteiger partial charge on any atom is -0.376 e. The highest BCUT2D eigenvalue weighted by atomic mass is 35.5. The number of halogens is 1. The zero-order valence-corrected chi connectivity index (χ0v) is 13.0. The Morgan fingerprint density at radius 3 is 3.10 bits per heavy atom. The molecule has 5 nitrogen and oxygen atoms in total. The van der Waals surface area contributed by atoms with Gasteiger partial charge in [-0.25, -0.2) is 4.98 Å². The number of nitrogens with one attached hydrogen (secondary N) is 1. The summed E-state index contributed by atoms with van der Waals surface area (Å²) in [7, 11) is 0. The third-order valence-electron chi connectivity index (χ3n) is 3.30. The first kappa shape index (κ1) is 15.3. The summed E-state index contributed by atoms with van der Waals surface area (Å²) in [6, 6.07) is 0. The van der Waals surface area contributed by atoms with Gasteiger partial charge in [0.1, 0.15) is 5.02 Å². The van der Waals surface area contributed by atoms with Gasteiger partial charge in [0, 0.05) is 26.2 Å². The van der Waals surface area contributed by atoms with Crippen LogP contribution in [0.5, 0.6) is 0 Å². The van der Waals surface area contributed by atoms with Crippen LogP contribution in [0.15, 0.2) is 6.20 Å². The molecule has 1 atom stereocenters. The fraction of sp³-hybridized carbons (Fsp3) is 0.714. The molecule has 20 heavy (non-hydrogen) atoms. The molecule has 1 aromatic heterocycles. The monoisotopic (exact) mass is 298 g/mol. The number of hydrogen-bond donors (Lipinski definition) is 1. The first-order valence-corrected chi connectivity index (χ1v) is 7.75. The van der Waals surface area contributed by atoms with Crippen LogP contribution in [0.3, 0.4) is 0 Å². The van der Waals surface area contributed by atoms with Crippen molar-refractivity contribution in [3.63, 3.8) is 0 Å². The molecule has 1 aliphatic rings. The summed E-state index contributed by atoms with van der Waals surface area (Å²) in [5, 5.41) is 3.72. The SMILES string of the molecule is CCCOC1CCCN(c2nc(NCC)ncc2Cl)C1. The average molecular weight is 299 g/mol. The van der Waals surface area contributed by atoms with Crippen LogP contribution in [-0.2, 0) is 4.74 Å². The Bertz CT molecular complexity index is 430. The topological polar surface area (TPSA) is 50.3 Å². The number of aromatic nitrogens is 2. The van der Waals surface area contributed by atoms with Crippen LogP contribution in [0.1, 0.15) is 33.1 Å². The smallest absolute Gasteiger partial charge is 0.224 e. The van der Waals surface area contributed by atoms with Crippen molar-refractivity contribution in [2.75, 3.05) is 36.5 Å². The molecule has 0 amide bonds. The summed E-state index contributed by atoms with van der Waals surface area (Å²) in [6.45, 7) is 7.58. The second-order valence-electron chi connectivity index (χ2n) is 4.98. The Morgan fingerprint density at radius 2 is 2.35 bits per heavy atom. The number of hydrogen-bond acceptors (Lipinski definition) is 5. The minimum atomic E-state index is 0.275. The van der Waals surface area contributed by atoms with Gasteiger partial charge in [0.2, 0.25) is 5.95 Å². The van der Waals surface area contributed by atoms with Crippen molar-refractivity contribution >= 4 is 23.4 Å². The molecule has 1 aromatic rings. The van der Waals surface area contributed by atoms with Crippen LogP contribution in [0.25, 0.3) is 0 Å². The van der Waals surface area contributed by atoms with E-state index in [-0.39, 0.29) is 6.10 Å². The second-order valence-corrected chi connectivity index (χ2v) is 5.38. The lowest BCUT2D eigenvalue weighted by atomic mass is 10.1. The predicted octanol–water partition coefficient (Wildman–Crippen LogP) is 2.96. The molecule has 2 heterocycles. The van der Waals surface area contributed by atoms with E-state index < -0.39 is 0 Å². The Kier molecular flexibility index (Phi) is 5.86. The third kappa shape index (κ3) is 3.96. The van der Waals surface area contributed by atoms with Crippen LogP contribution in [0.2, 0.25) is 5.02 Å². The average Bonchev–Trinajstić information content (AvgIpc) is 2.47. The lowest BCUT2D eigenvalue weighted by Crippen LogP contribution is -2.40. The Hall–Kier alpha value is -1.07. The van der Waals surface area contributed by atoms with E-state index in [1.165, 1.54) is 0 Å². The van der Waals surface area contributed by atoms with E-state index in [1.807, 2.05) is 6.92 Å². The normalized spacial score (nSPS) is 19.1. The molecule has 1 saturated heterocycles. The molecule has 0 bridgehead atoms. The maximum atomic E-state index is 6.25. The highest BCUT2D eigenvalue weighted by Gasteiger charge is 2.23. The largest absolute Gasteiger partial charge is 0.376 e. The summed E-state index contributed by atoms with van der Waals surface area (Å²) in [6.07, 6.45) is 5.20. The van der Waals surface area contributed by atoms with Crippen LogP contribution < -0.4 is 10.2 Å². The van der Waals surface area contributed by atoms with Gasteiger partial charge in [-0.05, 0) is 26.2 Å². The molecule has 0 saturated carbocycles. The van der Waals surface area contributed by atoms with Gasteiger partial charge in [-0.2, -0.15) is 4.98 Å². The summed E-state index contributed by atoms with van der Waals surface area (Å²) in [5.41, 5.74) is 0. The van der Waals surface area contributed by atoms with Gasteiger partial charge in [-0.1, -0.05) is 18.5 Å². The fourth-order valence-electron chi connectivity index (χ4n) is 2.37. The quantitative estimate of drug-likeness (QED) is 0.875. The second kappa shape index (κ2) is 7.64. The molecule has 2 rings (SSSR count). The van der Waals surface area contributed by atoms with Crippen molar-refractivity contribution in [2.24, 2.45) is 0 Å². The first-order valence-electron chi connectivity index (χ1n) is 7.37. The van der Waals surface area contributed by atoms with E-state index in [0.717, 1.165) is 51.3 Å². The molecular formula is C14H23ClN4O. The van der Waals surface area contributed by atoms with E-state index in [4.69, 9.17) is 16.3 Å². The van der Waals surface area contributed by atoms with Gasteiger partial charge in [-0.3, -0.25) is 0 Å². The van der Waals surface area contributed by atoms with E-state index in [1.54, 1.807) is 6.20 Å². The molecule has 0 aromatic carbocycles. The molecule has 1 aliphatic heterocycles. The lowest BCUT2D eigenvalue weighted by Gasteiger charge is -2.33. The number of rotatable bonds is 6. The van der Waals surface area contributed by atoms with Crippen molar-refractivity contribution < 1.29 is 4.74 Å². The molecule has 0 spiro atoms. The fourth-order valence-corrected chi connectivity index (χ4v) is 2.58. The zero-order chi connectivity index (χ0) is 14.4. The van der Waals surface area contributed by atoms with Crippen molar-refractivity contribution in [1.82, 2.24) is 9.97 Å². The Labute approximate surface area is 125 Å². The summed E-state index contributed by atoms with van der Waals surface area (Å²) < 4.78 is 5.86. The number of ether oxygens (including phenoxy) is 1. The van der Waals surface area contributed by atoms with Gasteiger partial charge >= 0.3 is 0 Å². The van der Waals surface area contributed by atoms with Gasteiger partial charge in [0.15, 0.2) is 5.82 Å². The highest BCUT2D eigenvalue weighted by Crippen LogP contribution is 2.27. The van der Waals surface area contributed by atoms with Crippen LogP contribution in [0.4, 0.5) is 11.8 Å². The molecule has 1 fully saturated rings. The highest BCUT2D eigenvalue weighted by molar-refractivity contribution is 6.32. The van der Waals surface area contributed by atoms with E-state index in [9.17, 15) is 0 Å². The zero-order valence-electron chi connectivity index (χ0n) is 12.2. The number of piperidine rings is 1. The molecular weight excluding hydrogens is 276 g/mol. The van der Waals surface area contributed by atoms with Crippen molar-refractivity contribution in [1.29, 1.82) is 0 Å². The Balaban J connectivity index is 2.07. The standard InChI is InChI=1S/C14H23ClN4O/c1-3-8-20-11-6-5-7-19(10-11)13-12(15)9-17-14(18-13)16-4-2/h9,11H,3-8,10H2,1-2H3,(H,16,17,18). The Morgan fingerprint density at radius 1 is 1.50 bits per heavy atom. The van der Waals surface area contributed by atoms with Gasteiger partial charge in [-0.15, -0.1) is 0 Å². The number of anilines is 2. The van der Waals surface area contributed by atoms with Crippen molar-refractivity contribution in [3.8, 4) is 0 Å². The first-order chi connectivity index (χ1) is 9.74. The van der Waals surface area contributed by atoms with E-state index in [2.05, 4.69) is 27.1 Å². The molecule has 1 unspecified atom stereocenters. The van der Waals surface area contributed by atoms with E-state index in [0.29, 0.717) is 11.0 Å². The molecule has 6 heteroatoms. The molecule has 0 aliphatic carbocycles. The molecule has 0 radical (unpaired) electrons. The molecule has 1 N–H and O–H groups in total. The summed E-state index contributed by atoms with van der Waals surface area (Å²) in [4.78, 5) is 10.9. The minimum absolute atomic E-state index is 0.275. The summed E-state index contributed by atoms with van der Waals surface area (Å²) >= 11 is 6.25. The molecule has 112 valence electrons. The van der Waals surface area contributed by atoms with Crippen molar-refractivity contribution in [3.05, 3.63) is 11.2 Å². The van der Waals surface area contributed by atoms with Gasteiger partial charge < -0.3 is 15.0 Å². The number of nitrogens with zero attached hydrogens (tertiary/aromatic N) is 3. The lowest BCUT2D eigenvalue weighted by molar-refractivity contribution is 0.0439. The predicted molar refractivity (Wildman–Crippen MR) is 82.7 cm³/mol. The van der Waals surface area contributed by atoms with Gasteiger partial charge in [0.05, 0.1) is 12.3 Å². The maximum absolute atomic E-state index is 6.25. The van der Waals surface area contributed by atoms with Crippen molar-refractivity contribution in [2.45, 2.75) is 39.2 Å².